The van der Waals surface area contributed by atoms with E-state index in [0.717, 1.165) is 57.2 Å². The summed E-state index contributed by atoms with van der Waals surface area (Å²) in [6.45, 7) is 4.19. The molecule has 2 heterocycles. The van der Waals surface area contributed by atoms with Gasteiger partial charge in [0.25, 0.3) is 0 Å². The number of fused-ring (bicyclic) bond motifs is 1. The van der Waals surface area contributed by atoms with Crippen LogP contribution >= 0.6 is 11.3 Å². The van der Waals surface area contributed by atoms with Crippen LogP contribution < -0.4 is 15.5 Å². The smallest absolute Gasteiger partial charge is 0.243 e. The van der Waals surface area contributed by atoms with Crippen LogP contribution in [-0.4, -0.2) is 18.2 Å². The third-order valence-electron chi connectivity index (χ3n) is 6.55. The number of carbonyl (C=O) groups is 2. The summed E-state index contributed by atoms with van der Waals surface area (Å²) in [6.07, 6.45) is 2.22. The van der Waals surface area contributed by atoms with Gasteiger partial charge in [-0.15, -0.1) is 11.3 Å². The van der Waals surface area contributed by atoms with Crippen molar-refractivity contribution in [3.63, 3.8) is 0 Å². The number of para-hydroxylation sites is 2. The monoisotopic (exact) mass is 457 g/mol. The number of hydrogen-bond donors (Lipinski definition) is 2. The molecule has 1 amide bonds. The first-order valence-electron chi connectivity index (χ1n) is 11.3. The first kappa shape index (κ1) is 21.5. The lowest BCUT2D eigenvalue weighted by Gasteiger charge is -2.34. The number of amides is 1. The third-order valence-corrected chi connectivity index (χ3v) is 7.47. The van der Waals surface area contributed by atoms with Crippen molar-refractivity contribution in [3.05, 3.63) is 87.3 Å². The first-order valence-corrected chi connectivity index (χ1v) is 12.2. The lowest BCUT2D eigenvalue weighted by molar-refractivity contribution is -0.117. The first-order chi connectivity index (χ1) is 16.0. The molecule has 3 aromatic rings. The SMILES string of the molecule is Cc1cccc(NC(=O)CN2c3ccccc3NC3=C(C(=O)CCC3)[C@@H]2c2cccs2)c1C. The van der Waals surface area contributed by atoms with Gasteiger partial charge in [0.1, 0.15) is 0 Å². The molecule has 168 valence electrons. The normalized spacial score (nSPS) is 17.7. The second-order valence-electron chi connectivity index (χ2n) is 8.65. The van der Waals surface area contributed by atoms with E-state index < -0.39 is 0 Å². The molecule has 2 aromatic carbocycles. The maximum absolute atomic E-state index is 13.4. The molecule has 0 bridgehead atoms. The molecular weight excluding hydrogens is 430 g/mol. The summed E-state index contributed by atoms with van der Waals surface area (Å²) in [5, 5.41) is 8.67. The number of rotatable bonds is 4. The summed E-state index contributed by atoms with van der Waals surface area (Å²) < 4.78 is 0. The van der Waals surface area contributed by atoms with Crippen molar-refractivity contribution in [2.24, 2.45) is 0 Å². The number of allylic oxidation sites excluding steroid dienone is 1. The molecule has 5 rings (SSSR count). The molecule has 2 aliphatic rings. The Balaban J connectivity index is 1.58. The van der Waals surface area contributed by atoms with E-state index in [9.17, 15) is 9.59 Å². The Morgan fingerprint density at radius 1 is 1.09 bits per heavy atom. The van der Waals surface area contributed by atoms with Gasteiger partial charge in [-0.2, -0.15) is 0 Å². The second-order valence-corrected chi connectivity index (χ2v) is 9.63. The summed E-state index contributed by atoms with van der Waals surface area (Å²) in [7, 11) is 0. The molecule has 1 atom stereocenters. The summed E-state index contributed by atoms with van der Waals surface area (Å²) in [6, 6.07) is 17.7. The number of benzene rings is 2. The maximum atomic E-state index is 13.4. The molecule has 0 fully saturated rings. The quantitative estimate of drug-likeness (QED) is 0.506. The van der Waals surface area contributed by atoms with Crippen LogP contribution in [0.5, 0.6) is 0 Å². The van der Waals surface area contributed by atoms with Crippen LogP contribution in [0.25, 0.3) is 0 Å². The molecule has 2 N–H and O–H groups in total. The fourth-order valence-corrected chi connectivity index (χ4v) is 5.59. The molecule has 0 saturated carbocycles. The van der Waals surface area contributed by atoms with E-state index in [2.05, 4.69) is 21.6 Å². The van der Waals surface area contributed by atoms with Crippen LogP contribution in [0.3, 0.4) is 0 Å². The van der Waals surface area contributed by atoms with Crippen molar-refractivity contribution >= 4 is 40.1 Å². The number of anilines is 3. The van der Waals surface area contributed by atoms with Gasteiger partial charge in [-0.05, 0) is 67.5 Å². The Bertz CT molecular complexity index is 1250. The van der Waals surface area contributed by atoms with Gasteiger partial charge in [0.05, 0.1) is 24.0 Å². The van der Waals surface area contributed by atoms with Crippen LogP contribution in [0, 0.1) is 13.8 Å². The van der Waals surface area contributed by atoms with Gasteiger partial charge in [0.2, 0.25) is 5.91 Å². The zero-order valence-corrected chi connectivity index (χ0v) is 19.7. The van der Waals surface area contributed by atoms with Gasteiger partial charge in [0.15, 0.2) is 5.78 Å². The van der Waals surface area contributed by atoms with E-state index in [1.54, 1.807) is 11.3 Å². The minimum atomic E-state index is -0.298. The molecule has 0 spiro atoms. The number of thiophene rings is 1. The highest BCUT2D eigenvalue weighted by molar-refractivity contribution is 7.10. The molecule has 33 heavy (non-hydrogen) atoms. The van der Waals surface area contributed by atoms with Crippen LogP contribution in [0.15, 0.2) is 71.2 Å². The number of aryl methyl sites for hydroxylation is 1. The third kappa shape index (κ3) is 4.07. The van der Waals surface area contributed by atoms with E-state index in [1.165, 1.54) is 0 Å². The van der Waals surface area contributed by atoms with E-state index >= 15 is 0 Å². The Labute approximate surface area is 198 Å². The number of ketones is 1. The minimum absolute atomic E-state index is 0.104. The van der Waals surface area contributed by atoms with Crippen LogP contribution in [0.1, 0.15) is 41.3 Å². The van der Waals surface area contributed by atoms with E-state index in [-0.39, 0.29) is 24.3 Å². The van der Waals surface area contributed by atoms with Crippen molar-refractivity contribution in [1.29, 1.82) is 0 Å². The molecule has 0 radical (unpaired) electrons. The molecule has 5 nitrogen and oxygen atoms in total. The van der Waals surface area contributed by atoms with Crippen LogP contribution in [0.4, 0.5) is 17.1 Å². The zero-order chi connectivity index (χ0) is 22.9. The second kappa shape index (κ2) is 8.87. The molecule has 1 aliphatic carbocycles. The Kier molecular flexibility index (Phi) is 5.77. The lowest BCUT2D eigenvalue weighted by atomic mass is 9.88. The number of hydrogen-bond acceptors (Lipinski definition) is 5. The average molecular weight is 458 g/mol. The van der Waals surface area contributed by atoms with Crippen molar-refractivity contribution in [3.8, 4) is 0 Å². The fourth-order valence-electron chi connectivity index (χ4n) is 4.75. The molecular formula is C27H27N3O2S. The lowest BCUT2D eigenvalue weighted by Crippen LogP contribution is -2.38. The maximum Gasteiger partial charge on any atom is 0.243 e. The van der Waals surface area contributed by atoms with E-state index in [1.807, 2.05) is 67.8 Å². The number of nitrogens with zero attached hydrogens (tertiary/aromatic N) is 1. The van der Waals surface area contributed by atoms with Crippen molar-refractivity contribution in [1.82, 2.24) is 0 Å². The van der Waals surface area contributed by atoms with Gasteiger partial charge in [-0.3, -0.25) is 9.59 Å². The summed E-state index contributed by atoms with van der Waals surface area (Å²) in [5.41, 5.74) is 6.64. The van der Waals surface area contributed by atoms with Gasteiger partial charge >= 0.3 is 0 Å². The van der Waals surface area contributed by atoms with Gasteiger partial charge in [-0.1, -0.05) is 30.3 Å². The topological polar surface area (TPSA) is 61.4 Å². The highest BCUT2D eigenvalue weighted by atomic mass is 32.1. The number of Topliss-reactive ketones (excluding diaryl/α,β-unsaturated/α-hetero) is 1. The fraction of sp³-hybridized carbons (Fsp3) is 0.259. The molecule has 0 saturated heterocycles. The number of carbonyl (C=O) groups excluding carboxylic acids is 2. The standard InChI is InChI=1S/C27H27N3O2S/c1-17-8-5-10-19(18(17)2)29-25(32)16-30-22-12-4-3-9-20(22)28-21-11-6-13-23(31)26(21)27(30)24-14-7-15-33-24/h3-5,7-10,12,14-15,27-28H,6,11,13,16H2,1-2H3,(H,29,32)/t27-/m0/s1. The van der Waals surface area contributed by atoms with Crippen molar-refractivity contribution in [2.45, 2.75) is 39.2 Å². The van der Waals surface area contributed by atoms with E-state index in [0.29, 0.717) is 6.42 Å². The average Bonchev–Trinajstić information content (AvgIpc) is 3.29. The Morgan fingerprint density at radius 3 is 2.76 bits per heavy atom. The van der Waals surface area contributed by atoms with Gasteiger partial charge < -0.3 is 15.5 Å². The summed E-state index contributed by atoms with van der Waals surface area (Å²) >= 11 is 1.62. The Morgan fingerprint density at radius 2 is 1.94 bits per heavy atom. The molecule has 1 aromatic heterocycles. The minimum Gasteiger partial charge on any atom is -0.357 e. The van der Waals surface area contributed by atoms with Crippen LogP contribution in [0.2, 0.25) is 0 Å². The summed E-state index contributed by atoms with van der Waals surface area (Å²) in [5.74, 6) is 0.0576. The van der Waals surface area contributed by atoms with Gasteiger partial charge in [0, 0.05) is 28.3 Å². The largest absolute Gasteiger partial charge is 0.357 e. The Hall–Kier alpha value is -3.38. The zero-order valence-electron chi connectivity index (χ0n) is 18.9. The van der Waals surface area contributed by atoms with Crippen molar-refractivity contribution < 1.29 is 9.59 Å². The predicted octanol–water partition coefficient (Wildman–Crippen LogP) is 5.98. The van der Waals surface area contributed by atoms with Crippen LogP contribution in [-0.2, 0) is 9.59 Å². The van der Waals surface area contributed by atoms with E-state index in [4.69, 9.17) is 0 Å². The van der Waals surface area contributed by atoms with Crippen molar-refractivity contribution in [2.75, 3.05) is 22.1 Å². The number of nitrogens with one attached hydrogen (secondary N) is 2. The molecule has 6 heteroatoms. The molecule has 1 aliphatic heterocycles. The predicted molar refractivity (Wildman–Crippen MR) is 135 cm³/mol. The summed E-state index contributed by atoms with van der Waals surface area (Å²) in [4.78, 5) is 29.7. The van der Waals surface area contributed by atoms with Gasteiger partial charge in [-0.25, -0.2) is 0 Å². The highest BCUT2D eigenvalue weighted by Gasteiger charge is 2.37. The molecule has 0 unspecified atom stereocenters. The highest BCUT2D eigenvalue weighted by Crippen LogP contribution is 2.45.